The number of carbonyl (C=O) groups excluding carboxylic acids is 2. The fourth-order valence-corrected chi connectivity index (χ4v) is 3.86. The Morgan fingerprint density at radius 1 is 1.00 bits per heavy atom. The molecule has 2 aliphatic rings. The molecule has 0 saturated heterocycles. The first-order chi connectivity index (χ1) is 13.6. The van der Waals surface area contributed by atoms with E-state index in [2.05, 4.69) is 22.4 Å². The number of benzene rings is 2. The highest BCUT2D eigenvalue weighted by atomic mass is 16.2. The summed E-state index contributed by atoms with van der Waals surface area (Å²) in [5.41, 5.74) is 10.7. The van der Waals surface area contributed by atoms with Gasteiger partial charge in [0.2, 0.25) is 0 Å². The molecule has 0 bridgehead atoms. The molecule has 2 aromatic rings. The van der Waals surface area contributed by atoms with E-state index in [1.54, 1.807) is 24.3 Å². The van der Waals surface area contributed by atoms with E-state index in [0.717, 1.165) is 24.9 Å². The van der Waals surface area contributed by atoms with E-state index in [0.29, 0.717) is 36.6 Å². The Morgan fingerprint density at radius 3 is 2.46 bits per heavy atom. The predicted octanol–water partition coefficient (Wildman–Crippen LogP) is 2.98. The number of nitrogens with zero attached hydrogens (tertiary/aromatic N) is 2. The fraction of sp³-hybridized carbons (Fsp3) is 0.318. The van der Waals surface area contributed by atoms with Gasteiger partial charge in [-0.1, -0.05) is 18.2 Å². The van der Waals surface area contributed by atoms with Crippen molar-refractivity contribution >= 4 is 23.5 Å². The smallest absolute Gasteiger partial charge is 0.261 e. The molecule has 0 saturated carbocycles. The van der Waals surface area contributed by atoms with Gasteiger partial charge in [0.15, 0.2) is 5.96 Å². The third kappa shape index (κ3) is 3.63. The molecule has 0 radical (unpaired) electrons. The molecule has 28 heavy (non-hydrogen) atoms. The Labute approximate surface area is 164 Å². The van der Waals surface area contributed by atoms with E-state index in [4.69, 9.17) is 5.73 Å². The van der Waals surface area contributed by atoms with E-state index in [9.17, 15) is 9.59 Å². The number of fused-ring (bicyclic) bond motifs is 2. The number of nitrogens with one attached hydrogen (secondary N) is 1. The topological polar surface area (TPSA) is 87.8 Å². The molecule has 2 aromatic carbocycles. The first-order valence-electron chi connectivity index (χ1n) is 9.77. The largest absolute Gasteiger partial charge is 0.370 e. The number of rotatable bonds is 6. The van der Waals surface area contributed by atoms with E-state index in [-0.39, 0.29) is 11.8 Å². The van der Waals surface area contributed by atoms with Crippen LogP contribution in [-0.4, -0.2) is 35.8 Å². The van der Waals surface area contributed by atoms with Crippen molar-refractivity contribution in [1.82, 2.24) is 4.90 Å². The lowest BCUT2D eigenvalue weighted by molar-refractivity contribution is 0.0652. The van der Waals surface area contributed by atoms with Gasteiger partial charge in [0.25, 0.3) is 11.8 Å². The number of anilines is 1. The molecule has 2 amide bonds. The van der Waals surface area contributed by atoms with Crippen LogP contribution in [0, 0.1) is 0 Å². The quantitative estimate of drug-likeness (QED) is 0.351. The molecular weight excluding hydrogens is 352 g/mol. The van der Waals surface area contributed by atoms with Crippen LogP contribution in [0.5, 0.6) is 0 Å². The Morgan fingerprint density at radius 2 is 1.71 bits per heavy atom. The summed E-state index contributed by atoms with van der Waals surface area (Å²) in [5, 5.41) is 3.14. The van der Waals surface area contributed by atoms with Crippen molar-refractivity contribution in [3.05, 3.63) is 64.7 Å². The first kappa shape index (κ1) is 18.2. The van der Waals surface area contributed by atoms with Crippen LogP contribution in [0.15, 0.2) is 47.5 Å². The number of hydrogen-bond acceptors (Lipinski definition) is 3. The average molecular weight is 376 g/mol. The van der Waals surface area contributed by atoms with Gasteiger partial charge in [-0.15, -0.1) is 0 Å². The van der Waals surface area contributed by atoms with E-state index >= 15 is 0 Å². The standard InChI is InChI=1S/C22H24N4O2/c23-22(25-17-11-10-15-6-5-7-16(15)14-17)24-12-3-4-13-26-20(27)18-8-1-2-9-19(18)21(26)28/h1-2,8-11,14H,3-7,12-13H2,(H3,23,24,25). The van der Waals surface area contributed by atoms with E-state index in [1.807, 2.05) is 6.07 Å². The van der Waals surface area contributed by atoms with Crippen molar-refractivity contribution in [2.75, 3.05) is 18.4 Å². The number of hydrogen-bond donors (Lipinski definition) is 2. The lowest BCUT2D eigenvalue weighted by Crippen LogP contribution is -2.30. The Hall–Kier alpha value is -3.15. The minimum Gasteiger partial charge on any atom is -0.370 e. The second kappa shape index (κ2) is 7.84. The third-order valence-corrected chi connectivity index (χ3v) is 5.32. The molecule has 3 N–H and O–H groups in total. The predicted molar refractivity (Wildman–Crippen MR) is 110 cm³/mol. The van der Waals surface area contributed by atoms with Gasteiger partial charge in [0, 0.05) is 18.8 Å². The Balaban J connectivity index is 1.23. The Bertz CT molecular complexity index is 916. The number of guanidine groups is 1. The van der Waals surface area contributed by atoms with Gasteiger partial charge in [0.1, 0.15) is 0 Å². The second-order valence-electron chi connectivity index (χ2n) is 7.24. The first-order valence-corrected chi connectivity index (χ1v) is 9.77. The molecule has 1 heterocycles. The summed E-state index contributed by atoms with van der Waals surface area (Å²) >= 11 is 0. The average Bonchev–Trinajstić information content (AvgIpc) is 3.26. The monoisotopic (exact) mass is 376 g/mol. The zero-order valence-corrected chi connectivity index (χ0v) is 15.8. The lowest BCUT2D eigenvalue weighted by Gasteiger charge is -2.13. The number of unbranched alkanes of at least 4 members (excludes halogenated alkanes) is 1. The maximum Gasteiger partial charge on any atom is 0.261 e. The molecule has 1 aliphatic heterocycles. The van der Waals surface area contributed by atoms with E-state index in [1.165, 1.54) is 22.4 Å². The van der Waals surface area contributed by atoms with Crippen molar-refractivity contribution in [1.29, 1.82) is 0 Å². The summed E-state index contributed by atoms with van der Waals surface area (Å²) in [6.45, 7) is 0.951. The maximum atomic E-state index is 12.3. The SMILES string of the molecule is NC(=NCCCCN1C(=O)c2ccccc2C1=O)Nc1ccc2c(c1)CCC2. The molecular formula is C22H24N4O2. The zero-order valence-electron chi connectivity index (χ0n) is 15.8. The zero-order chi connectivity index (χ0) is 19.5. The molecule has 0 fully saturated rings. The summed E-state index contributed by atoms with van der Waals surface area (Å²) < 4.78 is 0. The van der Waals surface area contributed by atoms with Crippen LogP contribution >= 0.6 is 0 Å². The summed E-state index contributed by atoms with van der Waals surface area (Å²) in [6.07, 6.45) is 4.95. The normalized spacial score (nSPS) is 15.7. The number of imide groups is 1. The molecule has 0 spiro atoms. The number of aliphatic imine (C=N–C) groups is 1. The van der Waals surface area contributed by atoms with Crippen LogP contribution in [0.4, 0.5) is 5.69 Å². The molecule has 0 aromatic heterocycles. The number of nitrogens with two attached hydrogens (primary N) is 1. The summed E-state index contributed by atoms with van der Waals surface area (Å²) in [4.78, 5) is 30.3. The third-order valence-electron chi connectivity index (χ3n) is 5.32. The van der Waals surface area contributed by atoms with Crippen LogP contribution < -0.4 is 11.1 Å². The Kier molecular flexibility index (Phi) is 5.10. The second-order valence-corrected chi connectivity index (χ2v) is 7.24. The number of amides is 2. The van der Waals surface area contributed by atoms with Crippen LogP contribution in [0.2, 0.25) is 0 Å². The van der Waals surface area contributed by atoms with Gasteiger partial charge in [-0.2, -0.15) is 0 Å². The van der Waals surface area contributed by atoms with Gasteiger partial charge in [-0.25, -0.2) is 0 Å². The van der Waals surface area contributed by atoms with Crippen LogP contribution in [0.1, 0.15) is 51.1 Å². The van der Waals surface area contributed by atoms with Gasteiger partial charge in [0.05, 0.1) is 11.1 Å². The maximum absolute atomic E-state index is 12.3. The fourth-order valence-electron chi connectivity index (χ4n) is 3.86. The highest BCUT2D eigenvalue weighted by Gasteiger charge is 2.34. The summed E-state index contributed by atoms with van der Waals surface area (Å²) in [6, 6.07) is 13.3. The molecule has 0 unspecified atom stereocenters. The lowest BCUT2D eigenvalue weighted by atomic mass is 10.1. The minimum atomic E-state index is -0.207. The van der Waals surface area contributed by atoms with Crippen molar-refractivity contribution in [2.45, 2.75) is 32.1 Å². The molecule has 0 atom stereocenters. The van der Waals surface area contributed by atoms with Crippen molar-refractivity contribution in [3.8, 4) is 0 Å². The van der Waals surface area contributed by atoms with Crippen molar-refractivity contribution in [2.24, 2.45) is 10.7 Å². The molecule has 1 aliphatic carbocycles. The van der Waals surface area contributed by atoms with Gasteiger partial charge >= 0.3 is 0 Å². The van der Waals surface area contributed by atoms with Crippen LogP contribution in [0.25, 0.3) is 0 Å². The van der Waals surface area contributed by atoms with E-state index < -0.39 is 0 Å². The number of carbonyl (C=O) groups is 2. The van der Waals surface area contributed by atoms with Crippen molar-refractivity contribution < 1.29 is 9.59 Å². The van der Waals surface area contributed by atoms with Crippen LogP contribution in [-0.2, 0) is 12.8 Å². The highest BCUT2D eigenvalue weighted by molar-refractivity contribution is 6.21. The minimum absolute atomic E-state index is 0.207. The highest BCUT2D eigenvalue weighted by Crippen LogP contribution is 2.25. The number of aryl methyl sites for hydroxylation is 2. The van der Waals surface area contributed by atoms with Gasteiger partial charge < -0.3 is 11.1 Å². The molecule has 4 rings (SSSR count). The van der Waals surface area contributed by atoms with Gasteiger partial charge in [-0.3, -0.25) is 19.5 Å². The van der Waals surface area contributed by atoms with Crippen LogP contribution in [0.3, 0.4) is 0 Å². The van der Waals surface area contributed by atoms with Crippen molar-refractivity contribution in [3.63, 3.8) is 0 Å². The summed E-state index contributed by atoms with van der Waals surface area (Å²) in [7, 11) is 0. The van der Waals surface area contributed by atoms with Gasteiger partial charge in [-0.05, 0) is 67.5 Å². The molecule has 144 valence electrons. The molecule has 6 heteroatoms. The summed E-state index contributed by atoms with van der Waals surface area (Å²) in [5.74, 6) is -0.0255. The molecule has 6 nitrogen and oxygen atoms in total.